The van der Waals surface area contributed by atoms with Crippen molar-refractivity contribution in [2.45, 2.75) is 6.42 Å². The number of nitrogens with zero attached hydrogens (tertiary/aromatic N) is 3. The highest BCUT2D eigenvalue weighted by Crippen LogP contribution is 1.89. The first-order valence-corrected chi connectivity index (χ1v) is 3.16. The van der Waals surface area contributed by atoms with Crippen molar-refractivity contribution in [1.29, 1.82) is 5.26 Å². The second kappa shape index (κ2) is 3.43. The summed E-state index contributed by atoms with van der Waals surface area (Å²) in [6, 6.07) is 1.94. The molecule has 0 unspecified atom stereocenters. The van der Waals surface area contributed by atoms with Gasteiger partial charge < -0.3 is 4.57 Å². The summed E-state index contributed by atoms with van der Waals surface area (Å²) in [7, 11) is 1.88. The minimum Gasteiger partial charge on any atom is -0.339 e. The van der Waals surface area contributed by atoms with Crippen molar-refractivity contribution in [3.63, 3.8) is 0 Å². The monoisotopic (exact) mass is 145 g/mol. The van der Waals surface area contributed by atoms with Gasteiger partial charge in [-0.05, 0) is 5.92 Å². The van der Waals surface area contributed by atoms with E-state index in [0.717, 1.165) is 0 Å². The van der Waals surface area contributed by atoms with Crippen LogP contribution >= 0.6 is 0 Å². The standard InChI is InChI=1S/C8H7N3/c1-11-6-8(10-7-11)4-2-3-5-9/h6-7H,3H2,1H3. The Morgan fingerprint density at radius 2 is 2.55 bits per heavy atom. The van der Waals surface area contributed by atoms with Gasteiger partial charge in [0.15, 0.2) is 0 Å². The van der Waals surface area contributed by atoms with E-state index in [-0.39, 0.29) is 6.42 Å². The fourth-order valence-corrected chi connectivity index (χ4v) is 0.652. The summed E-state index contributed by atoms with van der Waals surface area (Å²) in [4.78, 5) is 3.97. The Balaban J connectivity index is 2.68. The topological polar surface area (TPSA) is 41.6 Å². The fourth-order valence-electron chi connectivity index (χ4n) is 0.652. The summed E-state index contributed by atoms with van der Waals surface area (Å²) < 4.78 is 1.82. The fraction of sp³-hybridized carbons (Fsp3) is 0.250. The lowest BCUT2D eigenvalue weighted by molar-refractivity contribution is 0.913. The number of aromatic nitrogens is 2. The van der Waals surface area contributed by atoms with Crippen molar-refractivity contribution in [3.8, 4) is 17.9 Å². The zero-order chi connectivity index (χ0) is 8.10. The molecule has 3 heteroatoms. The van der Waals surface area contributed by atoms with E-state index in [2.05, 4.69) is 16.8 Å². The van der Waals surface area contributed by atoms with Gasteiger partial charge in [0.25, 0.3) is 0 Å². The van der Waals surface area contributed by atoms with Gasteiger partial charge in [0, 0.05) is 13.2 Å². The molecule has 0 aliphatic heterocycles. The lowest BCUT2D eigenvalue weighted by Crippen LogP contribution is -1.77. The molecule has 0 aliphatic carbocycles. The number of rotatable bonds is 0. The second-order valence-electron chi connectivity index (χ2n) is 2.06. The molecule has 0 fully saturated rings. The van der Waals surface area contributed by atoms with Gasteiger partial charge >= 0.3 is 0 Å². The molecule has 1 aromatic heterocycles. The molecule has 0 N–H and O–H groups in total. The molecule has 54 valence electrons. The van der Waals surface area contributed by atoms with E-state index in [4.69, 9.17) is 5.26 Å². The molecule has 0 saturated carbocycles. The van der Waals surface area contributed by atoms with Crippen LogP contribution in [0.2, 0.25) is 0 Å². The molecule has 3 nitrogen and oxygen atoms in total. The Hall–Kier alpha value is -1.74. The lowest BCUT2D eigenvalue weighted by atomic mass is 10.4. The molecule has 0 radical (unpaired) electrons. The maximum atomic E-state index is 8.17. The molecule has 0 aromatic carbocycles. The molecule has 0 spiro atoms. The molecule has 0 aliphatic rings. The lowest BCUT2D eigenvalue weighted by Gasteiger charge is -1.78. The average molecular weight is 145 g/mol. The first-order valence-electron chi connectivity index (χ1n) is 3.16. The van der Waals surface area contributed by atoms with Crippen molar-refractivity contribution in [2.75, 3.05) is 0 Å². The highest BCUT2D eigenvalue weighted by Gasteiger charge is 1.87. The molecule has 1 aromatic rings. The minimum atomic E-state index is 0.260. The van der Waals surface area contributed by atoms with Gasteiger partial charge in [-0.2, -0.15) is 5.26 Å². The van der Waals surface area contributed by atoms with Crippen LogP contribution in [-0.2, 0) is 7.05 Å². The summed E-state index contributed by atoms with van der Waals surface area (Å²) in [5.74, 6) is 5.44. The van der Waals surface area contributed by atoms with E-state index in [1.807, 2.05) is 23.9 Å². The molecule has 1 heterocycles. The molecular weight excluding hydrogens is 138 g/mol. The first-order chi connectivity index (χ1) is 5.33. The summed E-state index contributed by atoms with van der Waals surface area (Å²) in [6.45, 7) is 0. The van der Waals surface area contributed by atoms with Crippen molar-refractivity contribution in [3.05, 3.63) is 18.2 Å². The zero-order valence-corrected chi connectivity index (χ0v) is 6.20. The Labute approximate surface area is 65.3 Å². The second-order valence-corrected chi connectivity index (χ2v) is 2.06. The predicted molar refractivity (Wildman–Crippen MR) is 40.3 cm³/mol. The van der Waals surface area contributed by atoms with Gasteiger partial charge in [0.05, 0.1) is 18.8 Å². The van der Waals surface area contributed by atoms with E-state index in [1.165, 1.54) is 0 Å². The zero-order valence-electron chi connectivity index (χ0n) is 6.20. The van der Waals surface area contributed by atoms with Crippen LogP contribution in [0.15, 0.2) is 12.5 Å². The van der Waals surface area contributed by atoms with E-state index in [0.29, 0.717) is 5.69 Å². The normalized spacial score (nSPS) is 8.00. The first kappa shape index (κ1) is 7.37. The van der Waals surface area contributed by atoms with Crippen LogP contribution in [0.1, 0.15) is 12.1 Å². The van der Waals surface area contributed by atoms with Gasteiger partial charge in [0.1, 0.15) is 5.69 Å². The number of imidazole rings is 1. The van der Waals surface area contributed by atoms with E-state index < -0.39 is 0 Å². The van der Waals surface area contributed by atoms with Gasteiger partial charge in [-0.25, -0.2) is 4.98 Å². The molecule has 0 atom stereocenters. The van der Waals surface area contributed by atoms with Crippen LogP contribution in [0.4, 0.5) is 0 Å². The summed E-state index contributed by atoms with van der Waals surface area (Å²) >= 11 is 0. The quantitative estimate of drug-likeness (QED) is 0.504. The molecule has 0 amide bonds. The maximum Gasteiger partial charge on any atom is 0.131 e. The Kier molecular flexibility index (Phi) is 2.30. The summed E-state index contributed by atoms with van der Waals surface area (Å²) in [5, 5.41) is 8.17. The van der Waals surface area contributed by atoms with E-state index in [1.54, 1.807) is 6.33 Å². The molecule has 0 saturated heterocycles. The Morgan fingerprint density at radius 1 is 1.73 bits per heavy atom. The van der Waals surface area contributed by atoms with Crippen LogP contribution in [0.3, 0.4) is 0 Å². The van der Waals surface area contributed by atoms with Crippen molar-refractivity contribution in [2.24, 2.45) is 7.05 Å². The molecular formula is C8H7N3. The highest BCUT2D eigenvalue weighted by atomic mass is 15.0. The van der Waals surface area contributed by atoms with Gasteiger partial charge in [0.2, 0.25) is 0 Å². The largest absolute Gasteiger partial charge is 0.339 e. The number of hydrogen-bond donors (Lipinski definition) is 0. The smallest absolute Gasteiger partial charge is 0.131 e. The van der Waals surface area contributed by atoms with Crippen LogP contribution in [0, 0.1) is 23.2 Å². The predicted octanol–water partition coefficient (Wildman–Crippen LogP) is 0.685. The number of hydrogen-bond acceptors (Lipinski definition) is 2. The summed E-state index contributed by atoms with van der Waals surface area (Å²) in [6.07, 6.45) is 3.75. The van der Waals surface area contributed by atoms with Gasteiger partial charge in [-0.1, -0.05) is 5.92 Å². The van der Waals surface area contributed by atoms with Crippen LogP contribution in [0.25, 0.3) is 0 Å². The van der Waals surface area contributed by atoms with Crippen molar-refractivity contribution in [1.82, 2.24) is 9.55 Å². The SMILES string of the molecule is Cn1cnc(C#CCC#N)c1. The minimum absolute atomic E-state index is 0.260. The van der Waals surface area contributed by atoms with E-state index >= 15 is 0 Å². The maximum absolute atomic E-state index is 8.17. The Bertz CT molecular complexity index is 332. The Morgan fingerprint density at radius 3 is 3.09 bits per heavy atom. The number of nitriles is 1. The molecule has 11 heavy (non-hydrogen) atoms. The molecule has 1 rings (SSSR count). The van der Waals surface area contributed by atoms with Crippen LogP contribution in [0.5, 0.6) is 0 Å². The summed E-state index contributed by atoms with van der Waals surface area (Å²) in [5.41, 5.74) is 0.711. The van der Waals surface area contributed by atoms with Crippen LogP contribution < -0.4 is 0 Å². The molecule has 0 bridgehead atoms. The van der Waals surface area contributed by atoms with Gasteiger partial charge in [-0.15, -0.1) is 0 Å². The average Bonchev–Trinajstić information content (AvgIpc) is 2.37. The number of aryl methyl sites for hydroxylation is 1. The van der Waals surface area contributed by atoms with Crippen LogP contribution in [-0.4, -0.2) is 9.55 Å². The van der Waals surface area contributed by atoms with Crippen molar-refractivity contribution < 1.29 is 0 Å². The van der Waals surface area contributed by atoms with Crippen molar-refractivity contribution >= 4 is 0 Å². The van der Waals surface area contributed by atoms with Gasteiger partial charge in [-0.3, -0.25) is 0 Å². The third-order valence-electron chi connectivity index (χ3n) is 1.09. The highest BCUT2D eigenvalue weighted by molar-refractivity contribution is 5.25. The third-order valence-corrected chi connectivity index (χ3v) is 1.09. The third kappa shape index (κ3) is 2.15. The van der Waals surface area contributed by atoms with E-state index in [9.17, 15) is 0 Å².